The highest BCUT2D eigenvalue weighted by molar-refractivity contribution is 8.22. The molecule has 4 nitrogen and oxygen atoms in total. The van der Waals surface area contributed by atoms with E-state index >= 15 is 0 Å². The van der Waals surface area contributed by atoms with Gasteiger partial charge in [0, 0.05) is 10.5 Å². The smallest absolute Gasteiger partial charge is 0.340 e. The van der Waals surface area contributed by atoms with Gasteiger partial charge in [-0.2, -0.15) is 10.9 Å². The average molecular weight is 378 g/mol. The van der Waals surface area contributed by atoms with Crippen molar-refractivity contribution in [1.29, 1.82) is 0 Å². The molecule has 0 N–H and O–H groups in total. The van der Waals surface area contributed by atoms with Crippen molar-refractivity contribution in [3.05, 3.63) is 75.6 Å². The van der Waals surface area contributed by atoms with Crippen molar-refractivity contribution in [3.8, 4) is 11.5 Å². The van der Waals surface area contributed by atoms with Gasteiger partial charge in [0.25, 0.3) is 0 Å². The number of hydrogen-bond acceptors (Lipinski definition) is 4. The second-order valence-electron chi connectivity index (χ2n) is 6.55. The van der Waals surface area contributed by atoms with E-state index in [4.69, 9.17) is 14.2 Å². The first-order chi connectivity index (χ1) is 13.2. The lowest BCUT2D eigenvalue weighted by Crippen LogP contribution is -2.01. The number of thiol groups is 1. The maximum Gasteiger partial charge on any atom is 0.340 e. The van der Waals surface area contributed by atoms with Gasteiger partial charge in [-0.25, -0.2) is 4.79 Å². The predicted octanol–water partition coefficient (Wildman–Crippen LogP) is 4.79. The molecule has 2 aromatic rings. The van der Waals surface area contributed by atoms with Gasteiger partial charge >= 0.3 is 5.97 Å². The van der Waals surface area contributed by atoms with Gasteiger partial charge in [-0.05, 0) is 57.0 Å². The number of carbonyl (C=O) groups is 1. The minimum absolute atomic E-state index is 0.241. The molecule has 1 aliphatic carbocycles. The van der Waals surface area contributed by atoms with Crippen molar-refractivity contribution in [2.75, 3.05) is 14.2 Å². The maximum absolute atomic E-state index is 12.5. The summed E-state index contributed by atoms with van der Waals surface area (Å²) in [6, 6.07) is 5.97. The number of benzene rings is 2. The van der Waals surface area contributed by atoms with Crippen LogP contribution in [0.4, 0.5) is 0 Å². The molecule has 0 spiro atoms. The van der Waals surface area contributed by atoms with Gasteiger partial charge in [0.2, 0.25) is 0 Å². The van der Waals surface area contributed by atoms with Crippen LogP contribution in [-0.4, -0.2) is 20.2 Å². The molecular formula is C22H18O4S. The maximum atomic E-state index is 12.5. The quantitative estimate of drug-likeness (QED) is 0.616. The third-order valence-electron chi connectivity index (χ3n) is 5.10. The summed E-state index contributed by atoms with van der Waals surface area (Å²) in [5.41, 5.74) is 4.07. The predicted molar refractivity (Wildman–Crippen MR) is 108 cm³/mol. The number of ether oxygens (including phenoxy) is 3. The Morgan fingerprint density at radius 2 is 1.85 bits per heavy atom. The van der Waals surface area contributed by atoms with Crippen molar-refractivity contribution in [1.82, 2.24) is 0 Å². The first-order valence-electron chi connectivity index (χ1n) is 8.65. The summed E-state index contributed by atoms with van der Waals surface area (Å²) in [4.78, 5) is 13.6. The minimum Gasteiger partial charge on any atom is -0.493 e. The van der Waals surface area contributed by atoms with Gasteiger partial charge in [-0.1, -0.05) is 18.2 Å². The Morgan fingerprint density at radius 3 is 2.67 bits per heavy atom. The molecule has 0 aromatic heterocycles. The van der Waals surface area contributed by atoms with E-state index in [9.17, 15) is 4.79 Å². The lowest BCUT2D eigenvalue weighted by molar-refractivity contribution is 0.0532. The van der Waals surface area contributed by atoms with E-state index in [1.165, 1.54) is 11.1 Å². The topological polar surface area (TPSA) is 44.8 Å². The standard InChI is InChI=1S/C22H18O4S/c1-24-18-9-15-8-16-11-26-22(23)20(16)21(17(15)10-19(18)25-2)27-7-6-13-4-3-5-14(13)12-27/h3-10,12,27H,11H2,1-2H3. The fourth-order valence-corrected chi connectivity index (χ4v) is 5.99. The lowest BCUT2D eigenvalue weighted by atomic mass is 10.0. The number of carbonyl (C=O) groups excluding carboxylic acids is 1. The molecule has 0 saturated heterocycles. The summed E-state index contributed by atoms with van der Waals surface area (Å²) >= 11 is 0. The van der Waals surface area contributed by atoms with Crippen LogP contribution < -0.4 is 9.47 Å². The largest absolute Gasteiger partial charge is 0.493 e. The number of rotatable bonds is 3. The van der Waals surface area contributed by atoms with E-state index < -0.39 is 10.9 Å². The summed E-state index contributed by atoms with van der Waals surface area (Å²) in [5.74, 6) is 1.09. The van der Waals surface area contributed by atoms with Crippen LogP contribution in [0.2, 0.25) is 0 Å². The fourth-order valence-electron chi connectivity index (χ4n) is 3.80. The van der Waals surface area contributed by atoms with Crippen LogP contribution in [0.1, 0.15) is 15.9 Å². The summed E-state index contributed by atoms with van der Waals surface area (Å²) in [7, 11) is 2.46. The molecule has 0 amide bonds. The number of hydrogen-bond donors (Lipinski definition) is 1. The van der Waals surface area contributed by atoms with Crippen LogP contribution in [0.25, 0.3) is 10.8 Å². The van der Waals surface area contributed by atoms with Gasteiger partial charge in [0.1, 0.15) is 6.61 Å². The zero-order valence-electron chi connectivity index (χ0n) is 15.0. The van der Waals surface area contributed by atoms with E-state index in [1.807, 2.05) is 18.2 Å². The van der Waals surface area contributed by atoms with Gasteiger partial charge in [-0.15, -0.1) is 0 Å². The monoisotopic (exact) mass is 378 g/mol. The summed E-state index contributed by atoms with van der Waals surface area (Å²) in [5, 5.41) is 6.50. The molecule has 1 atom stereocenters. The summed E-state index contributed by atoms with van der Waals surface area (Å²) in [6.07, 6.45) is 8.42. The van der Waals surface area contributed by atoms with E-state index in [0.717, 1.165) is 21.2 Å². The Morgan fingerprint density at radius 1 is 1.04 bits per heavy atom. The van der Waals surface area contributed by atoms with E-state index in [-0.39, 0.29) is 5.97 Å². The molecule has 5 rings (SSSR count). The molecule has 0 radical (unpaired) electrons. The number of cyclic esters (lactones) is 1. The Bertz CT molecular complexity index is 1120. The molecule has 5 heteroatoms. The van der Waals surface area contributed by atoms with E-state index in [2.05, 4.69) is 35.1 Å². The number of methoxy groups -OCH3 is 2. The molecular weight excluding hydrogens is 360 g/mol. The SMILES string of the molecule is COc1cc2cc3c(c([SH]4C=CC5=CC=CC5=C4)c2cc1OC)C(=O)OC3. The van der Waals surface area contributed by atoms with Gasteiger partial charge in [0.15, 0.2) is 11.5 Å². The molecule has 1 unspecified atom stereocenters. The van der Waals surface area contributed by atoms with Crippen molar-refractivity contribution in [3.63, 3.8) is 0 Å². The molecule has 3 aliphatic rings. The molecule has 2 aliphatic heterocycles. The Hall–Kier alpha value is -2.92. The Labute approximate surface area is 159 Å². The van der Waals surface area contributed by atoms with E-state index in [1.54, 1.807) is 14.2 Å². The van der Waals surface area contributed by atoms with Gasteiger partial charge in [0.05, 0.1) is 19.8 Å². The van der Waals surface area contributed by atoms with Crippen molar-refractivity contribution < 1.29 is 19.0 Å². The molecule has 0 saturated carbocycles. The van der Waals surface area contributed by atoms with Crippen LogP contribution in [0, 0.1) is 0 Å². The summed E-state index contributed by atoms with van der Waals surface area (Å²) < 4.78 is 16.3. The number of fused-ring (bicyclic) bond motifs is 3. The van der Waals surface area contributed by atoms with Crippen molar-refractivity contribution in [2.45, 2.75) is 11.5 Å². The minimum atomic E-state index is -0.791. The second-order valence-corrected chi connectivity index (χ2v) is 8.37. The normalized spacial score (nSPS) is 20.8. The highest BCUT2D eigenvalue weighted by Gasteiger charge is 2.30. The Kier molecular flexibility index (Phi) is 3.65. The lowest BCUT2D eigenvalue weighted by Gasteiger charge is -2.23. The average Bonchev–Trinajstić information content (AvgIpc) is 3.31. The molecule has 2 heterocycles. The number of allylic oxidation sites excluding steroid dienone is 6. The molecule has 27 heavy (non-hydrogen) atoms. The van der Waals surface area contributed by atoms with Crippen molar-refractivity contribution in [2.24, 2.45) is 0 Å². The zero-order chi connectivity index (χ0) is 18.5. The molecule has 0 bridgehead atoms. The second kappa shape index (κ2) is 6.06. The molecule has 0 fully saturated rings. The third-order valence-corrected chi connectivity index (χ3v) is 7.10. The van der Waals surface area contributed by atoms with Gasteiger partial charge < -0.3 is 14.2 Å². The van der Waals surface area contributed by atoms with Crippen LogP contribution in [0.5, 0.6) is 11.5 Å². The van der Waals surface area contributed by atoms with Crippen molar-refractivity contribution >= 4 is 27.6 Å². The van der Waals surface area contributed by atoms with Crippen LogP contribution >= 0.6 is 10.9 Å². The van der Waals surface area contributed by atoms with E-state index in [0.29, 0.717) is 23.7 Å². The van der Waals surface area contributed by atoms with Gasteiger partial charge in [-0.3, -0.25) is 0 Å². The first kappa shape index (κ1) is 16.3. The third kappa shape index (κ3) is 2.42. The highest BCUT2D eigenvalue weighted by Crippen LogP contribution is 2.52. The Balaban J connectivity index is 1.81. The van der Waals surface area contributed by atoms with Crippen LogP contribution in [0.15, 0.2) is 69.4 Å². The first-order valence-corrected chi connectivity index (χ1v) is 10.1. The molecule has 2 aromatic carbocycles. The highest BCUT2D eigenvalue weighted by atomic mass is 32.2. The summed E-state index contributed by atoms with van der Waals surface area (Å²) in [6.45, 7) is 0.319. The van der Waals surface area contributed by atoms with Crippen LogP contribution in [-0.2, 0) is 11.3 Å². The number of esters is 1. The zero-order valence-corrected chi connectivity index (χ0v) is 15.9. The fraction of sp³-hybridized carbons (Fsp3) is 0.136. The molecule has 136 valence electrons. The van der Waals surface area contributed by atoms with Crippen LogP contribution in [0.3, 0.4) is 0 Å².